The molecule has 3 atom stereocenters. The second kappa shape index (κ2) is 12.5. The highest BCUT2D eigenvalue weighted by atomic mass is 35.5. The number of hydrogen-bond donors (Lipinski definition) is 1. The van der Waals surface area contributed by atoms with Crippen molar-refractivity contribution in [3.63, 3.8) is 0 Å². The van der Waals surface area contributed by atoms with Crippen molar-refractivity contribution in [3.8, 4) is 6.07 Å². The van der Waals surface area contributed by atoms with E-state index in [1.165, 1.54) is 11.8 Å². The SMILES string of the molecule is CC[C@H](C)[C@H](C(=O)Cc1cncn1Cc1ccc(C#N)cc1)C(N)N(Cc1ccccc1Cl)C(C)=O. The van der Waals surface area contributed by atoms with Gasteiger partial charge in [-0.1, -0.05) is 62.2 Å². The van der Waals surface area contributed by atoms with Crippen LogP contribution in [0.25, 0.3) is 0 Å². The highest BCUT2D eigenvalue weighted by Gasteiger charge is 2.35. The molecule has 188 valence electrons. The van der Waals surface area contributed by atoms with Crippen molar-refractivity contribution in [1.82, 2.24) is 14.5 Å². The number of aromatic nitrogens is 2. The van der Waals surface area contributed by atoms with Crippen molar-refractivity contribution in [1.29, 1.82) is 5.26 Å². The first-order chi connectivity index (χ1) is 17.2. The van der Waals surface area contributed by atoms with Gasteiger partial charge in [0.25, 0.3) is 0 Å². The van der Waals surface area contributed by atoms with Crippen molar-refractivity contribution in [2.75, 3.05) is 0 Å². The maximum Gasteiger partial charge on any atom is 0.221 e. The number of Topliss-reactive ketones (excluding diaryl/α,β-unsaturated/α-hetero) is 1. The minimum Gasteiger partial charge on any atom is -0.330 e. The summed E-state index contributed by atoms with van der Waals surface area (Å²) in [6, 6.07) is 16.7. The molecule has 2 aromatic carbocycles. The molecule has 2 N–H and O–H groups in total. The topological polar surface area (TPSA) is 105 Å². The molecule has 1 heterocycles. The van der Waals surface area contributed by atoms with Crippen molar-refractivity contribution in [2.45, 2.75) is 52.9 Å². The summed E-state index contributed by atoms with van der Waals surface area (Å²) in [7, 11) is 0. The molecule has 36 heavy (non-hydrogen) atoms. The predicted octanol–water partition coefficient (Wildman–Crippen LogP) is 4.56. The fourth-order valence-electron chi connectivity index (χ4n) is 4.34. The number of benzene rings is 2. The summed E-state index contributed by atoms with van der Waals surface area (Å²) in [5, 5.41) is 9.57. The zero-order valence-corrected chi connectivity index (χ0v) is 21.7. The minimum absolute atomic E-state index is 0.0320. The molecule has 0 aliphatic carbocycles. The van der Waals surface area contributed by atoms with Gasteiger partial charge in [-0.05, 0) is 35.2 Å². The highest BCUT2D eigenvalue weighted by molar-refractivity contribution is 6.31. The Bertz CT molecular complexity index is 1230. The first-order valence-corrected chi connectivity index (χ1v) is 12.4. The van der Waals surface area contributed by atoms with Gasteiger partial charge in [0.15, 0.2) is 0 Å². The van der Waals surface area contributed by atoms with Crippen LogP contribution in [-0.4, -0.2) is 32.3 Å². The second-order valence-corrected chi connectivity index (χ2v) is 9.51. The van der Waals surface area contributed by atoms with E-state index < -0.39 is 12.1 Å². The number of carbonyl (C=O) groups is 2. The molecule has 3 aromatic rings. The van der Waals surface area contributed by atoms with Crippen LogP contribution in [0.15, 0.2) is 61.1 Å². The smallest absolute Gasteiger partial charge is 0.221 e. The number of nitrogens with zero attached hydrogens (tertiary/aromatic N) is 4. The third kappa shape index (κ3) is 6.60. The van der Waals surface area contributed by atoms with Gasteiger partial charge in [0.05, 0.1) is 30.0 Å². The molecule has 1 aromatic heterocycles. The molecule has 1 unspecified atom stereocenters. The van der Waals surface area contributed by atoms with Gasteiger partial charge in [0.2, 0.25) is 5.91 Å². The van der Waals surface area contributed by atoms with Crippen molar-refractivity contribution in [2.24, 2.45) is 17.6 Å². The number of ketones is 1. The van der Waals surface area contributed by atoms with E-state index >= 15 is 0 Å². The number of carbonyl (C=O) groups excluding carboxylic acids is 2. The lowest BCUT2D eigenvalue weighted by Crippen LogP contribution is -2.53. The molecule has 3 rings (SSSR count). The quantitative estimate of drug-likeness (QED) is 0.384. The van der Waals surface area contributed by atoms with Gasteiger partial charge < -0.3 is 15.2 Å². The summed E-state index contributed by atoms with van der Waals surface area (Å²) >= 11 is 6.33. The Labute approximate surface area is 217 Å². The molecule has 0 aliphatic heterocycles. The Kier molecular flexibility index (Phi) is 9.40. The molecule has 1 amide bonds. The number of nitriles is 1. The standard InChI is InChI=1S/C28H32ClN5O2/c1-4-19(2)27(28(31)34(20(3)35)17-23-7-5-6-8-25(23)29)26(36)13-24-15-32-18-33(24)16-22-11-9-21(14-30)10-12-22/h5-12,15,18-19,27-28H,4,13,16-17,31H2,1-3H3/t19-,27+,28?/m0/s1. The monoisotopic (exact) mass is 505 g/mol. The fourth-order valence-corrected chi connectivity index (χ4v) is 4.54. The van der Waals surface area contributed by atoms with Gasteiger partial charge in [-0.2, -0.15) is 5.26 Å². The Morgan fingerprint density at radius 3 is 2.50 bits per heavy atom. The van der Waals surface area contributed by atoms with Crippen LogP contribution in [0.1, 0.15) is 49.6 Å². The van der Waals surface area contributed by atoms with Crippen LogP contribution in [0.3, 0.4) is 0 Å². The number of rotatable bonds is 11. The lowest BCUT2D eigenvalue weighted by molar-refractivity contribution is -0.136. The second-order valence-electron chi connectivity index (χ2n) is 9.10. The summed E-state index contributed by atoms with van der Waals surface area (Å²) in [5.74, 6) is -0.839. The molecule has 0 saturated carbocycles. The van der Waals surface area contributed by atoms with Gasteiger partial charge in [0, 0.05) is 43.3 Å². The summed E-state index contributed by atoms with van der Waals surface area (Å²) in [5.41, 5.74) is 9.79. The number of nitrogens with two attached hydrogens (primary N) is 1. The summed E-state index contributed by atoms with van der Waals surface area (Å²) in [6.07, 6.45) is 3.48. The van der Waals surface area contributed by atoms with E-state index in [9.17, 15) is 9.59 Å². The van der Waals surface area contributed by atoms with Crippen LogP contribution < -0.4 is 5.73 Å². The Morgan fingerprint density at radius 1 is 1.19 bits per heavy atom. The number of amides is 1. The van der Waals surface area contributed by atoms with Crippen LogP contribution in [-0.2, 0) is 29.1 Å². The molecule has 0 bridgehead atoms. The van der Waals surface area contributed by atoms with E-state index in [1.54, 1.807) is 30.7 Å². The van der Waals surface area contributed by atoms with Crippen LogP contribution >= 0.6 is 11.6 Å². The Hall–Kier alpha value is -3.47. The van der Waals surface area contributed by atoms with Gasteiger partial charge >= 0.3 is 0 Å². The Balaban J connectivity index is 1.81. The molecular formula is C28H32ClN5O2. The van der Waals surface area contributed by atoms with E-state index in [2.05, 4.69) is 11.1 Å². The third-order valence-corrected chi connectivity index (χ3v) is 7.02. The van der Waals surface area contributed by atoms with E-state index in [0.29, 0.717) is 17.1 Å². The third-order valence-electron chi connectivity index (χ3n) is 6.65. The molecule has 0 radical (unpaired) electrons. The van der Waals surface area contributed by atoms with Crippen LogP contribution in [0, 0.1) is 23.2 Å². The molecular weight excluding hydrogens is 474 g/mol. The molecule has 0 spiro atoms. The van der Waals surface area contributed by atoms with Crippen molar-refractivity contribution < 1.29 is 9.59 Å². The lowest BCUT2D eigenvalue weighted by Gasteiger charge is -2.36. The zero-order valence-electron chi connectivity index (χ0n) is 20.9. The van der Waals surface area contributed by atoms with Crippen LogP contribution in [0.4, 0.5) is 0 Å². The molecule has 0 aliphatic rings. The van der Waals surface area contributed by atoms with E-state index in [4.69, 9.17) is 22.6 Å². The first kappa shape index (κ1) is 27.1. The van der Waals surface area contributed by atoms with E-state index in [0.717, 1.165) is 23.2 Å². The van der Waals surface area contributed by atoms with Gasteiger partial charge in [0.1, 0.15) is 5.78 Å². The maximum atomic E-state index is 13.7. The zero-order chi connectivity index (χ0) is 26.2. The number of halogens is 1. The molecule has 0 fully saturated rings. The average Bonchev–Trinajstić information content (AvgIpc) is 3.29. The Morgan fingerprint density at radius 2 is 1.89 bits per heavy atom. The van der Waals surface area contributed by atoms with E-state index in [-0.39, 0.29) is 30.6 Å². The predicted molar refractivity (Wildman–Crippen MR) is 140 cm³/mol. The first-order valence-electron chi connectivity index (χ1n) is 12.0. The average molecular weight is 506 g/mol. The number of hydrogen-bond acceptors (Lipinski definition) is 5. The van der Waals surface area contributed by atoms with Gasteiger partial charge in [-0.3, -0.25) is 9.59 Å². The van der Waals surface area contributed by atoms with Gasteiger partial charge in [-0.25, -0.2) is 4.98 Å². The summed E-state index contributed by atoms with van der Waals surface area (Å²) in [6.45, 7) is 6.22. The van der Waals surface area contributed by atoms with Crippen LogP contribution in [0.5, 0.6) is 0 Å². The maximum absolute atomic E-state index is 13.7. The van der Waals surface area contributed by atoms with Crippen molar-refractivity contribution >= 4 is 23.3 Å². The number of imidazole rings is 1. The molecule has 7 nitrogen and oxygen atoms in total. The van der Waals surface area contributed by atoms with Gasteiger partial charge in [-0.15, -0.1) is 0 Å². The van der Waals surface area contributed by atoms with Crippen LogP contribution in [0.2, 0.25) is 5.02 Å². The normalized spacial score (nSPS) is 13.4. The van der Waals surface area contributed by atoms with E-state index in [1.807, 2.05) is 48.7 Å². The minimum atomic E-state index is -0.795. The largest absolute Gasteiger partial charge is 0.330 e. The molecule has 0 saturated heterocycles. The highest BCUT2D eigenvalue weighted by Crippen LogP contribution is 2.26. The summed E-state index contributed by atoms with van der Waals surface area (Å²) in [4.78, 5) is 32.1. The summed E-state index contributed by atoms with van der Waals surface area (Å²) < 4.78 is 1.92. The molecule has 8 heteroatoms. The fraction of sp³-hybridized carbons (Fsp3) is 0.357. The van der Waals surface area contributed by atoms with Crippen molar-refractivity contribution in [3.05, 3.63) is 88.5 Å². The lowest BCUT2D eigenvalue weighted by atomic mass is 9.83.